The van der Waals surface area contributed by atoms with E-state index in [0.29, 0.717) is 34.3 Å². The van der Waals surface area contributed by atoms with Crippen LogP contribution in [0.3, 0.4) is 0 Å². The van der Waals surface area contributed by atoms with Gasteiger partial charge in [-0.05, 0) is 49.8 Å². The molecule has 0 saturated heterocycles. The monoisotopic (exact) mass is 577 g/mol. The summed E-state index contributed by atoms with van der Waals surface area (Å²) < 4.78 is 36.6. The minimum atomic E-state index is -3.30. The lowest BCUT2D eigenvalue weighted by Gasteiger charge is -2.23. The van der Waals surface area contributed by atoms with Crippen molar-refractivity contribution < 1.29 is 17.9 Å². The maximum atomic E-state index is 14.0. The van der Waals surface area contributed by atoms with Crippen LogP contribution >= 0.6 is 0 Å². The van der Waals surface area contributed by atoms with Crippen molar-refractivity contribution in [3.05, 3.63) is 58.4 Å². The molecule has 0 unspecified atom stereocenters. The number of nitrogens with one attached hydrogen (secondary N) is 1. The summed E-state index contributed by atoms with van der Waals surface area (Å²) in [6, 6.07) is 6.29. The van der Waals surface area contributed by atoms with Gasteiger partial charge in [0.05, 0.1) is 36.0 Å². The van der Waals surface area contributed by atoms with E-state index >= 15 is 0 Å². The SMILES string of the molecule is COc1ncnc(C2CC2)c1-c1ncc2nc(NCc3ccc(S(C)(=O)=O)cc3)c(=O)n([C@H]3CCC[C@@H]3OC)c2n1. The van der Waals surface area contributed by atoms with Gasteiger partial charge >= 0.3 is 0 Å². The average Bonchev–Trinajstić information content (AvgIpc) is 3.72. The molecule has 4 aromatic rings. The Morgan fingerprint density at radius 1 is 1.02 bits per heavy atom. The first-order valence-corrected chi connectivity index (χ1v) is 15.4. The van der Waals surface area contributed by atoms with Gasteiger partial charge in [0, 0.05) is 25.8 Å². The van der Waals surface area contributed by atoms with E-state index in [1.807, 2.05) is 0 Å². The number of sulfone groups is 1. The zero-order valence-corrected chi connectivity index (χ0v) is 23.9. The van der Waals surface area contributed by atoms with Crippen LogP contribution in [0.25, 0.3) is 22.6 Å². The summed E-state index contributed by atoms with van der Waals surface area (Å²) in [6.07, 6.45) is 8.67. The molecule has 0 bridgehead atoms. The predicted octanol–water partition coefficient (Wildman–Crippen LogP) is 3.29. The van der Waals surface area contributed by atoms with Gasteiger partial charge in [-0.1, -0.05) is 12.1 Å². The highest BCUT2D eigenvalue weighted by Gasteiger charge is 2.34. The second-order valence-electron chi connectivity index (χ2n) is 10.5. The molecule has 41 heavy (non-hydrogen) atoms. The van der Waals surface area contributed by atoms with Gasteiger partial charge in [0.25, 0.3) is 5.56 Å². The normalized spacial score (nSPS) is 19.0. The molecule has 2 saturated carbocycles. The van der Waals surface area contributed by atoms with Crippen LogP contribution in [0, 0.1) is 0 Å². The second-order valence-corrected chi connectivity index (χ2v) is 12.5. The molecule has 2 aliphatic rings. The summed E-state index contributed by atoms with van der Waals surface area (Å²) in [7, 11) is -0.0916. The fourth-order valence-corrected chi connectivity index (χ4v) is 6.11. The third-order valence-corrected chi connectivity index (χ3v) is 8.85. The molecule has 2 atom stereocenters. The Hall–Kier alpha value is -3.97. The van der Waals surface area contributed by atoms with Gasteiger partial charge in [-0.2, -0.15) is 0 Å². The minimum absolute atomic E-state index is 0.148. The molecular weight excluding hydrogens is 546 g/mol. The first-order chi connectivity index (χ1) is 19.8. The number of hydrogen-bond acceptors (Lipinski definition) is 11. The number of aromatic nitrogens is 6. The van der Waals surface area contributed by atoms with Crippen molar-refractivity contribution in [2.75, 3.05) is 25.8 Å². The summed E-state index contributed by atoms with van der Waals surface area (Å²) in [5.74, 6) is 1.22. The molecule has 1 aromatic carbocycles. The largest absolute Gasteiger partial charge is 0.480 e. The van der Waals surface area contributed by atoms with Gasteiger partial charge in [-0.25, -0.2) is 33.3 Å². The summed E-state index contributed by atoms with van der Waals surface area (Å²) in [5.41, 5.74) is 2.82. The average molecular weight is 578 g/mol. The topological polar surface area (TPSA) is 151 Å². The van der Waals surface area contributed by atoms with Crippen LogP contribution in [0.1, 0.15) is 55.3 Å². The maximum Gasteiger partial charge on any atom is 0.295 e. The summed E-state index contributed by atoms with van der Waals surface area (Å²) in [5, 5.41) is 3.14. The number of anilines is 1. The summed E-state index contributed by atoms with van der Waals surface area (Å²) in [4.78, 5) is 37.1. The zero-order valence-electron chi connectivity index (χ0n) is 23.1. The highest BCUT2D eigenvalue weighted by molar-refractivity contribution is 7.90. The molecule has 0 amide bonds. The van der Waals surface area contributed by atoms with Crippen LogP contribution in [0.2, 0.25) is 0 Å². The van der Waals surface area contributed by atoms with Crippen molar-refractivity contribution in [3.8, 4) is 17.3 Å². The van der Waals surface area contributed by atoms with E-state index in [-0.39, 0.29) is 35.0 Å². The Balaban J connectivity index is 1.44. The van der Waals surface area contributed by atoms with Crippen LogP contribution < -0.4 is 15.6 Å². The number of nitrogens with zero attached hydrogens (tertiary/aromatic N) is 6. The van der Waals surface area contributed by atoms with Gasteiger partial charge in [0.15, 0.2) is 27.1 Å². The minimum Gasteiger partial charge on any atom is -0.480 e. The smallest absolute Gasteiger partial charge is 0.295 e. The number of hydrogen-bond donors (Lipinski definition) is 1. The van der Waals surface area contributed by atoms with Crippen LogP contribution in [0.15, 0.2) is 46.5 Å². The number of fused-ring (bicyclic) bond motifs is 1. The van der Waals surface area contributed by atoms with E-state index < -0.39 is 9.84 Å². The van der Waals surface area contributed by atoms with E-state index in [1.165, 1.54) is 12.6 Å². The first kappa shape index (κ1) is 27.2. The number of methoxy groups -OCH3 is 2. The quantitative estimate of drug-likeness (QED) is 0.312. The highest BCUT2D eigenvalue weighted by Crippen LogP contribution is 2.45. The molecule has 0 spiro atoms. The number of ether oxygens (including phenoxy) is 2. The fourth-order valence-electron chi connectivity index (χ4n) is 5.47. The first-order valence-electron chi connectivity index (χ1n) is 13.5. The molecule has 3 heterocycles. The maximum absolute atomic E-state index is 14.0. The fraction of sp³-hybridized carbons (Fsp3) is 0.429. The molecule has 0 aliphatic heterocycles. The molecule has 2 aliphatic carbocycles. The molecule has 6 rings (SSSR count). The lowest BCUT2D eigenvalue weighted by molar-refractivity contribution is 0.0751. The third-order valence-electron chi connectivity index (χ3n) is 7.72. The zero-order chi connectivity index (χ0) is 28.7. The molecule has 3 aromatic heterocycles. The van der Waals surface area contributed by atoms with Gasteiger partial charge in [-0.3, -0.25) is 9.36 Å². The van der Waals surface area contributed by atoms with Crippen molar-refractivity contribution in [1.82, 2.24) is 29.5 Å². The Morgan fingerprint density at radius 2 is 1.80 bits per heavy atom. The van der Waals surface area contributed by atoms with E-state index in [1.54, 1.807) is 49.2 Å². The summed E-state index contributed by atoms with van der Waals surface area (Å²) in [6.45, 7) is 0.276. The predicted molar refractivity (Wildman–Crippen MR) is 152 cm³/mol. The molecular formula is C28H31N7O5S. The van der Waals surface area contributed by atoms with Crippen molar-refractivity contribution >= 4 is 26.8 Å². The van der Waals surface area contributed by atoms with E-state index in [4.69, 9.17) is 14.5 Å². The van der Waals surface area contributed by atoms with Crippen LogP contribution in [-0.2, 0) is 21.1 Å². The van der Waals surface area contributed by atoms with Crippen LogP contribution in [0.5, 0.6) is 5.88 Å². The molecule has 0 radical (unpaired) electrons. The molecule has 2 fully saturated rings. The highest BCUT2D eigenvalue weighted by atomic mass is 32.2. The van der Waals surface area contributed by atoms with E-state index in [2.05, 4.69) is 25.3 Å². The molecule has 13 heteroatoms. The molecule has 214 valence electrons. The Morgan fingerprint density at radius 3 is 2.49 bits per heavy atom. The van der Waals surface area contributed by atoms with Crippen molar-refractivity contribution in [2.24, 2.45) is 0 Å². The summed E-state index contributed by atoms with van der Waals surface area (Å²) >= 11 is 0. The lowest BCUT2D eigenvalue weighted by atomic mass is 10.1. The number of rotatable bonds is 9. The van der Waals surface area contributed by atoms with Crippen LogP contribution in [-0.4, -0.2) is 64.5 Å². The van der Waals surface area contributed by atoms with E-state index in [0.717, 1.165) is 43.4 Å². The molecule has 1 N–H and O–H groups in total. The Kier molecular flexibility index (Phi) is 7.16. The lowest BCUT2D eigenvalue weighted by Crippen LogP contribution is -2.33. The number of benzene rings is 1. The third kappa shape index (κ3) is 5.26. The van der Waals surface area contributed by atoms with Crippen molar-refractivity contribution in [3.63, 3.8) is 0 Å². The van der Waals surface area contributed by atoms with Gasteiger partial charge in [-0.15, -0.1) is 0 Å². The van der Waals surface area contributed by atoms with E-state index in [9.17, 15) is 13.2 Å². The standard InChI is InChI=1S/C28H31N7O5S/c1-39-21-6-4-5-20(21)35-26-19(14-30-24(34-26)22-23(17-9-10-17)31-15-32-27(22)40-2)33-25(28(35)36)29-13-16-7-11-18(12-8-16)41(3,37)38/h7-8,11-12,14-15,17,20-21H,4-6,9-10,13H2,1-3H3,(H,29,33)/t20-,21-/m0/s1. The second kappa shape index (κ2) is 10.8. The van der Waals surface area contributed by atoms with Gasteiger partial charge < -0.3 is 14.8 Å². The van der Waals surface area contributed by atoms with Crippen molar-refractivity contribution in [2.45, 2.75) is 61.6 Å². The Bertz CT molecular complexity index is 1770. The molecule has 12 nitrogen and oxygen atoms in total. The van der Waals surface area contributed by atoms with Crippen molar-refractivity contribution in [1.29, 1.82) is 0 Å². The Labute approximate surface area is 237 Å². The van der Waals surface area contributed by atoms with Gasteiger partial charge in [0.2, 0.25) is 5.88 Å². The van der Waals surface area contributed by atoms with Crippen LogP contribution in [0.4, 0.5) is 5.82 Å². The van der Waals surface area contributed by atoms with Gasteiger partial charge in [0.1, 0.15) is 17.4 Å².